The molecule has 3 fully saturated rings. The third-order valence-electron chi connectivity index (χ3n) is 10.8. The molecule has 5 heterocycles. The number of fused-ring (bicyclic) bond motifs is 1. The zero-order valence-corrected chi connectivity index (χ0v) is 30.8. The van der Waals surface area contributed by atoms with Crippen molar-refractivity contribution in [1.82, 2.24) is 30.1 Å². The standard InChI is InChI=1S/C40H47F2N9O4/c41-27-9-14-32(42)30(25-27)34-7-6-19-50(34)35-17-20-51-38(46-35)31(26-44-51)39(54)43-18-5-3-1-2-4-8-37(53)49-23-21-48(22-24-49)29-12-10-28(11-13-29)45-33-15-16-36(52)47-40(33)55/h9-14,17,20,25-26,33-34,45H,1-8,15-16,18-19,21-24H2,(H,43,54)(H,47,52,55). The van der Waals surface area contributed by atoms with Gasteiger partial charge in [0, 0.05) is 75.2 Å². The van der Waals surface area contributed by atoms with Crippen molar-refractivity contribution in [2.45, 2.75) is 76.3 Å². The van der Waals surface area contributed by atoms with E-state index in [1.165, 1.54) is 12.3 Å². The van der Waals surface area contributed by atoms with Crippen LogP contribution in [0, 0.1) is 11.6 Å². The van der Waals surface area contributed by atoms with Crippen molar-refractivity contribution in [3.05, 3.63) is 83.7 Å². The topological polar surface area (TPSA) is 144 Å². The number of nitrogens with one attached hydrogen (secondary N) is 3. The molecule has 3 aliphatic heterocycles. The van der Waals surface area contributed by atoms with Gasteiger partial charge in [-0.25, -0.2) is 18.3 Å². The number of nitrogens with zero attached hydrogens (tertiary/aromatic N) is 6. The van der Waals surface area contributed by atoms with Crippen molar-refractivity contribution < 1.29 is 28.0 Å². The van der Waals surface area contributed by atoms with Gasteiger partial charge in [0.2, 0.25) is 17.7 Å². The Balaban J connectivity index is 0.783. The molecular formula is C40H47F2N9O4. The maximum Gasteiger partial charge on any atom is 0.256 e. The molecule has 55 heavy (non-hydrogen) atoms. The summed E-state index contributed by atoms with van der Waals surface area (Å²) in [5, 5.41) is 12.8. The van der Waals surface area contributed by atoms with E-state index < -0.39 is 17.7 Å². The first-order valence-corrected chi connectivity index (χ1v) is 19.3. The first-order chi connectivity index (χ1) is 26.7. The van der Waals surface area contributed by atoms with Crippen molar-refractivity contribution in [3.8, 4) is 0 Å². The number of halogens is 2. The van der Waals surface area contributed by atoms with Gasteiger partial charge in [0.1, 0.15) is 29.1 Å². The van der Waals surface area contributed by atoms with E-state index in [1.54, 1.807) is 16.8 Å². The Morgan fingerprint density at radius 2 is 1.67 bits per heavy atom. The number of imide groups is 1. The Morgan fingerprint density at radius 1 is 0.891 bits per heavy atom. The average Bonchev–Trinajstić information content (AvgIpc) is 3.86. The lowest BCUT2D eigenvalue weighted by Crippen LogP contribution is -2.48. The second-order valence-electron chi connectivity index (χ2n) is 14.5. The van der Waals surface area contributed by atoms with E-state index in [2.05, 4.69) is 25.9 Å². The molecule has 3 N–H and O–H groups in total. The van der Waals surface area contributed by atoms with E-state index in [0.717, 1.165) is 75.1 Å². The smallest absolute Gasteiger partial charge is 0.256 e. The minimum Gasteiger partial charge on any atom is -0.374 e. The van der Waals surface area contributed by atoms with Gasteiger partial charge in [-0.3, -0.25) is 24.5 Å². The number of piperazine rings is 1. The normalized spacial score (nSPS) is 18.8. The molecule has 2 aromatic carbocycles. The highest BCUT2D eigenvalue weighted by Gasteiger charge is 2.31. The Bertz CT molecular complexity index is 2020. The van der Waals surface area contributed by atoms with Gasteiger partial charge in [-0.1, -0.05) is 19.3 Å². The number of hydrogen-bond acceptors (Lipinski definition) is 9. The number of carbonyl (C=O) groups excluding carboxylic acids is 4. The summed E-state index contributed by atoms with van der Waals surface area (Å²) in [5.74, 6) is -0.964. The van der Waals surface area contributed by atoms with Crippen LogP contribution in [0.25, 0.3) is 5.65 Å². The predicted octanol–water partition coefficient (Wildman–Crippen LogP) is 4.99. The number of carbonyl (C=O) groups is 4. The molecule has 2 atom stereocenters. The van der Waals surface area contributed by atoms with Crippen LogP contribution in [-0.2, 0) is 14.4 Å². The zero-order valence-electron chi connectivity index (χ0n) is 30.8. The van der Waals surface area contributed by atoms with Crippen LogP contribution in [0.5, 0.6) is 0 Å². The molecule has 0 bridgehead atoms. The second-order valence-corrected chi connectivity index (χ2v) is 14.5. The molecule has 2 aromatic heterocycles. The number of anilines is 3. The average molecular weight is 756 g/mol. The SMILES string of the molecule is O=C1CCC(Nc2ccc(N3CCN(C(=O)CCCCCCCNC(=O)c4cnn5ccc(N6CCCC6c6cc(F)ccc6F)nc45)CC3)cc2)C(=O)N1. The fourth-order valence-electron chi connectivity index (χ4n) is 7.72. The lowest BCUT2D eigenvalue weighted by atomic mass is 10.0. The summed E-state index contributed by atoms with van der Waals surface area (Å²) in [6.45, 7) is 3.99. The number of aromatic nitrogens is 3. The Labute approximate surface area is 318 Å². The monoisotopic (exact) mass is 755 g/mol. The van der Waals surface area contributed by atoms with E-state index in [-0.39, 0.29) is 29.7 Å². The zero-order chi connectivity index (χ0) is 38.3. The summed E-state index contributed by atoms with van der Waals surface area (Å²) in [7, 11) is 0. The van der Waals surface area contributed by atoms with Crippen LogP contribution in [0.15, 0.2) is 60.9 Å². The van der Waals surface area contributed by atoms with Crippen molar-refractivity contribution in [2.75, 3.05) is 54.4 Å². The predicted molar refractivity (Wildman–Crippen MR) is 204 cm³/mol. The fourth-order valence-corrected chi connectivity index (χ4v) is 7.72. The van der Waals surface area contributed by atoms with Gasteiger partial charge in [0.05, 0.1) is 12.2 Å². The van der Waals surface area contributed by atoms with Crippen LogP contribution in [0.4, 0.5) is 26.0 Å². The number of unbranched alkanes of at least 4 members (excludes halogenated alkanes) is 4. The Hall–Kier alpha value is -5.60. The molecule has 2 unspecified atom stereocenters. The van der Waals surface area contributed by atoms with E-state index in [1.807, 2.05) is 34.1 Å². The number of benzene rings is 2. The number of amides is 4. The Morgan fingerprint density at radius 3 is 2.47 bits per heavy atom. The third kappa shape index (κ3) is 9.03. The minimum atomic E-state index is -0.483. The summed E-state index contributed by atoms with van der Waals surface area (Å²) in [6.07, 6.45) is 10.5. The van der Waals surface area contributed by atoms with Crippen molar-refractivity contribution in [2.24, 2.45) is 0 Å². The highest BCUT2D eigenvalue weighted by atomic mass is 19.1. The van der Waals surface area contributed by atoms with Crippen LogP contribution in [0.2, 0.25) is 0 Å². The summed E-state index contributed by atoms with van der Waals surface area (Å²) in [4.78, 5) is 60.3. The van der Waals surface area contributed by atoms with Crippen LogP contribution in [-0.4, -0.2) is 88.4 Å². The van der Waals surface area contributed by atoms with Gasteiger partial charge >= 0.3 is 0 Å². The van der Waals surface area contributed by atoms with Gasteiger partial charge in [-0.15, -0.1) is 0 Å². The molecular weight excluding hydrogens is 708 g/mol. The van der Waals surface area contributed by atoms with Gasteiger partial charge in [-0.05, 0) is 80.6 Å². The molecule has 7 rings (SSSR count). The van der Waals surface area contributed by atoms with Crippen molar-refractivity contribution in [1.29, 1.82) is 0 Å². The highest BCUT2D eigenvalue weighted by molar-refractivity contribution is 6.01. The van der Waals surface area contributed by atoms with Crippen LogP contribution in [0.1, 0.15) is 86.2 Å². The van der Waals surface area contributed by atoms with E-state index in [9.17, 15) is 28.0 Å². The quantitative estimate of drug-likeness (QED) is 0.120. The second kappa shape index (κ2) is 17.2. The summed E-state index contributed by atoms with van der Waals surface area (Å²) in [6, 6.07) is 12.4. The molecule has 4 aromatic rings. The first kappa shape index (κ1) is 37.7. The lowest BCUT2D eigenvalue weighted by Gasteiger charge is -2.36. The van der Waals surface area contributed by atoms with Crippen LogP contribution >= 0.6 is 0 Å². The molecule has 0 spiro atoms. The molecule has 290 valence electrons. The molecule has 15 heteroatoms. The van der Waals surface area contributed by atoms with Crippen LogP contribution in [0.3, 0.4) is 0 Å². The third-order valence-corrected chi connectivity index (χ3v) is 10.8. The van der Waals surface area contributed by atoms with Crippen molar-refractivity contribution in [3.63, 3.8) is 0 Å². The fraction of sp³-hybridized carbons (Fsp3) is 0.450. The molecule has 0 saturated carbocycles. The number of piperidine rings is 1. The van der Waals surface area contributed by atoms with Gasteiger partial charge < -0.3 is 25.3 Å². The number of rotatable bonds is 14. The van der Waals surface area contributed by atoms with E-state index in [0.29, 0.717) is 74.5 Å². The van der Waals surface area contributed by atoms with Gasteiger partial charge in [0.25, 0.3) is 5.91 Å². The maximum absolute atomic E-state index is 14.6. The molecule has 0 aliphatic carbocycles. The minimum absolute atomic E-state index is 0.183. The highest BCUT2D eigenvalue weighted by Crippen LogP contribution is 2.37. The summed E-state index contributed by atoms with van der Waals surface area (Å²) < 4.78 is 30.1. The summed E-state index contributed by atoms with van der Waals surface area (Å²) >= 11 is 0. The van der Waals surface area contributed by atoms with Crippen molar-refractivity contribution >= 4 is 46.5 Å². The molecule has 3 saturated heterocycles. The first-order valence-electron chi connectivity index (χ1n) is 19.3. The molecule has 4 amide bonds. The largest absolute Gasteiger partial charge is 0.374 e. The molecule has 3 aliphatic rings. The number of hydrogen-bond donors (Lipinski definition) is 3. The molecule has 13 nitrogen and oxygen atoms in total. The van der Waals surface area contributed by atoms with Gasteiger partial charge in [-0.2, -0.15) is 5.10 Å². The maximum atomic E-state index is 14.6. The lowest BCUT2D eigenvalue weighted by molar-refractivity contribution is -0.134. The van der Waals surface area contributed by atoms with E-state index >= 15 is 0 Å². The summed E-state index contributed by atoms with van der Waals surface area (Å²) in [5.41, 5.74) is 2.95. The molecule has 0 radical (unpaired) electrons. The van der Waals surface area contributed by atoms with Crippen LogP contribution < -0.4 is 25.8 Å². The van der Waals surface area contributed by atoms with Gasteiger partial charge in [0.15, 0.2) is 5.65 Å². The van der Waals surface area contributed by atoms with E-state index in [4.69, 9.17) is 4.98 Å². The Kier molecular flexibility index (Phi) is 11.8.